The number of amides is 1. The van der Waals surface area contributed by atoms with Crippen LogP contribution in [0.5, 0.6) is 0 Å². The van der Waals surface area contributed by atoms with Crippen molar-refractivity contribution < 1.29 is 4.79 Å². The summed E-state index contributed by atoms with van der Waals surface area (Å²) in [6.07, 6.45) is 1.00. The first-order valence-corrected chi connectivity index (χ1v) is 7.34. The van der Waals surface area contributed by atoms with E-state index in [9.17, 15) is 4.79 Å². The van der Waals surface area contributed by atoms with Gasteiger partial charge in [0, 0.05) is 20.6 Å². The fourth-order valence-corrected chi connectivity index (χ4v) is 1.71. The molecule has 0 aliphatic rings. The largest absolute Gasteiger partial charge is 0.356 e. The molecule has 21 heavy (non-hydrogen) atoms. The van der Waals surface area contributed by atoms with Crippen LogP contribution in [0.2, 0.25) is 0 Å². The SMILES string of the molecule is CCCNC(=NCC(=O)N(C)C)NC(C)c1ccccc1. The summed E-state index contributed by atoms with van der Waals surface area (Å²) < 4.78 is 0. The highest BCUT2D eigenvalue weighted by atomic mass is 16.2. The molecule has 0 aliphatic heterocycles. The van der Waals surface area contributed by atoms with E-state index in [1.807, 2.05) is 18.2 Å². The fraction of sp³-hybridized carbons (Fsp3) is 0.500. The molecule has 2 N–H and O–H groups in total. The first-order valence-electron chi connectivity index (χ1n) is 7.34. The number of guanidine groups is 1. The number of rotatable bonds is 6. The molecule has 0 saturated carbocycles. The first kappa shape index (κ1) is 17.0. The van der Waals surface area contributed by atoms with E-state index < -0.39 is 0 Å². The number of carbonyl (C=O) groups is 1. The minimum Gasteiger partial charge on any atom is -0.356 e. The van der Waals surface area contributed by atoms with Crippen molar-refractivity contribution in [2.75, 3.05) is 27.2 Å². The Morgan fingerprint density at radius 3 is 2.52 bits per heavy atom. The van der Waals surface area contributed by atoms with Crippen molar-refractivity contribution in [3.63, 3.8) is 0 Å². The van der Waals surface area contributed by atoms with Crippen molar-refractivity contribution in [2.45, 2.75) is 26.3 Å². The molecule has 1 rings (SSSR count). The Hall–Kier alpha value is -2.04. The van der Waals surface area contributed by atoms with Gasteiger partial charge in [-0.05, 0) is 18.9 Å². The van der Waals surface area contributed by atoms with Crippen LogP contribution in [0.25, 0.3) is 0 Å². The van der Waals surface area contributed by atoms with Gasteiger partial charge in [0.25, 0.3) is 0 Å². The van der Waals surface area contributed by atoms with Gasteiger partial charge in [-0.25, -0.2) is 4.99 Å². The van der Waals surface area contributed by atoms with Crippen LogP contribution in [0.15, 0.2) is 35.3 Å². The van der Waals surface area contributed by atoms with Gasteiger partial charge in [0.05, 0.1) is 6.04 Å². The van der Waals surface area contributed by atoms with Crippen LogP contribution in [-0.2, 0) is 4.79 Å². The standard InChI is InChI=1S/C16H26N4O/c1-5-11-17-16(18-12-15(21)20(3)4)19-13(2)14-9-7-6-8-10-14/h6-10,13H,5,11-12H2,1-4H3,(H2,17,18,19). The van der Waals surface area contributed by atoms with Gasteiger partial charge in [-0.3, -0.25) is 4.79 Å². The highest BCUT2D eigenvalue weighted by Gasteiger charge is 2.08. The number of hydrogen-bond acceptors (Lipinski definition) is 2. The summed E-state index contributed by atoms with van der Waals surface area (Å²) in [7, 11) is 3.47. The Morgan fingerprint density at radius 1 is 1.29 bits per heavy atom. The third-order valence-electron chi connectivity index (χ3n) is 3.07. The van der Waals surface area contributed by atoms with Crippen LogP contribution in [0, 0.1) is 0 Å². The zero-order valence-electron chi connectivity index (χ0n) is 13.4. The molecule has 0 aromatic heterocycles. The molecule has 0 saturated heterocycles. The number of aliphatic imine (C=N–C) groups is 1. The van der Waals surface area contributed by atoms with E-state index in [0.717, 1.165) is 13.0 Å². The van der Waals surface area contributed by atoms with Crippen molar-refractivity contribution in [3.8, 4) is 0 Å². The maximum absolute atomic E-state index is 11.6. The van der Waals surface area contributed by atoms with Crippen molar-refractivity contribution in [1.82, 2.24) is 15.5 Å². The second-order valence-electron chi connectivity index (χ2n) is 5.16. The Bertz CT molecular complexity index is 457. The molecule has 1 aromatic rings. The second kappa shape index (κ2) is 9.00. The fourth-order valence-electron chi connectivity index (χ4n) is 1.71. The topological polar surface area (TPSA) is 56.7 Å². The van der Waals surface area contributed by atoms with Gasteiger partial charge in [0.2, 0.25) is 5.91 Å². The monoisotopic (exact) mass is 290 g/mol. The maximum atomic E-state index is 11.6. The Kier molecular flexibility index (Phi) is 7.29. The number of nitrogens with zero attached hydrogens (tertiary/aromatic N) is 2. The number of carbonyl (C=O) groups excluding carboxylic acids is 1. The summed E-state index contributed by atoms with van der Waals surface area (Å²) in [5, 5.41) is 6.56. The predicted octanol–water partition coefficient (Wildman–Crippen LogP) is 1.78. The van der Waals surface area contributed by atoms with E-state index in [-0.39, 0.29) is 18.5 Å². The highest BCUT2D eigenvalue weighted by molar-refractivity contribution is 5.85. The Labute approximate surface area is 127 Å². The molecular weight excluding hydrogens is 264 g/mol. The first-order chi connectivity index (χ1) is 10.0. The van der Waals surface area contributed by atoms with Crippen LogP contribution in [-0.4, -0.2) is 44.0 Å². The van der Waals surface area contributed by atoms with Gasteiger partial charge in [-0.15, -0.1) is 0 Å². The lowest BCUT2D eigenvalue weighted by molar-refractivity contribution is -0.127. The van der Waals surface area contributed by atoms with E-state index >= 15 is 0 Å². The van der Waals surface area contributed by atoms with E-state index in [1.54, 1.807) is 19.0 Å². The Morgan fingerprint density at radius 2 is 1.95 bits per heavy atom. The molecule has 5 heteroatoms. The third kappa shape index (κ3) is 6.29. The zero-order chi connectivity index (χ0) is 15.7. The van der Waals surface area contributed by atoms with Crippen LogP contribution in [0.3, 0.4) is 0 Å². The maximum Gasteiger partial charge on any atom is 0.243 e. The van der Waals surface area contributed by atoms with Gasteiger partial charge in [-0.2, -0.15) is 0 Å². The lowest BCUT2D eigenvalue weighted by Crippen LogP contribution is -2.40. The summed E-state index contributed by atoms with van der Waals surface area (Å²) in [5.41, 5.74) is 1.18. The summed E-state index contributed by atoms with van der Waals surface area (Å²) in [5.74, 6) is 0.656. The molecule has 1 atom stereocenters. The minimum absolute atomic E-state index is 0.0139. The van der Waals surface area contributed by atoms with Gasteiger partial charge in [0.15, 0.2) is 5.96 Å². The summed E-state index contributed by atoms with van der Waals surface area (Å²) >= 11 is 0. The molecule has 0 spiro atoms. The highest BCUT2D eigenvalue weighted by Crippen LogP contribution is 2.10. The predicted molar refractivity (Wildman–Crippen MR) is 87.3 cm³/mol. The van der Waals surface area contributed by atoms with Crippen LogP contribution in [0.1, 0.15) is 31.9 Å². The average molecular weight is 290 g/mol. The van der Waals surface area contributed by atoms with Crippen molar-refractivity contribution in [1.29, 1.82) is 0 Å². The normalized spacial score (nSPS) is 12.7. The number of hydrogen-bond donors (Lipinski definition) is 2. The molecule has 1 unspecified atom stereocenters. The molecule has 0 fully saturated rings. The van der Waals surface area contributed by atoms with E-state index in [0.29, 0.717) is 5.96 Å². The molecule has 116 valence electrons. The van der Waals surface area contributed by atoms with Gasteiger partial charge in [0.1, 0.15) is 6.54 Å². The third-order valence-corrected chi connectivity index (χ3v) is 3.07. The molecule has 0 radical (unpaired) electrons. The van der Waals surface area contributed by atoms with E-state index in [2.05, 4.69) is 41.6 Å². The van der Waals surface area contributed by atoms with Gasteiger partial charge in [-0.1, -0.05) is 37.3 Å². The number of nitrogens with one attached hydrogen (secondary N) is 2. The zero-order valence-corrected chi connectivity index (χ0v) is 13.4. The smallest absolute Gasteiger partial charge is 0.243 e. The van der Waals surface area contributed by atoms with Crippen molar-refractivity contribution in [3.05, 3.63) is 35.9 Å². The van der Waals surface area contributed by atoms with Crippen LogP contribution in [0.4, 0.5) is 0 Å². The summed E-state index contributed by atoms with van der Waals surface area (Å²) in [6.45, 7) is 5.14. The number of likely N-dealkylation sites (N-methyl/N-ethyl adjacent to an activating group) is 1. The van der Waals surface area contributed by atoms with E-state index in [1.165, 1.54) is 5.56 Å². The molecule has 0 aliphatic carbocycles. The number of benzene rings is 1. The molecular formula is C16H26N4O. The lowest BCUT2D eigenvalue weighted by atomic mass is 10.1. The van der Waals surface area contributed by atoms with Crippen LogP contribution >= 0.6 is 0 Å². The molecule has 1 amide bonds. The average Bonchev–Trinajstić information content (AvgIpc) is 2.50. The molecule has 0 heterocycles. The van der Waals surface area contributed by atoms with Crippen LogP contribution < -0.4 is 10.6 Å². The summed E-state index contributed by atoms with van der Waals surface area (Å²) in [6, 6.07) is 10.3. The summed E-state index contributed by atoms with van der Waals surface area (Å²) in [4.78, 5) is 17.5. The molecule has 5 nitrogen and oxygen atoms in total. The second-order valence-corrected chi connectivity index (χ2v) is 5.16. The van der Waals surface area contributed by atoms with Gasteiger partial charge >= 0.3 is 0 Å². The van der Waals surface area contributed by atoms with Crippen molar-refractivity contribution >= 4 is 11.9 Å². The van der Waals surface area contributed by atoms with E-state index in [4.69, 9.17) is 0 Å². The lowest BCUT2D eigenvalue weighted by Gasteiger charge is -2.19. The molecule has 0 bridgehead atoms. The molecule has 1 aromatic carbocycles. The van der Waals surface area contributed by atoms with Crippen molar-refractivity contribution in [2.24, 2.45) is 4.99 Å². The van der Waals surface area contributed by atoms with Gasteiger partial charge < -0.3 is 15.5 Å². The quantitative estimate of drug-likeness (QED) is 0.620. The minimum atomic E-state index is -0.0139. The Balaban J connectivity index is 2.68.